The van der Waals surface area contributed by atoms with Crippen LogP contribution in [0.5, 0.6) is 11.5 Å². The van der Waals surface area contributed by atoms with E-state index in [-0.39, 0.29) is 6.10 Å². The average molecular weight is 360 g/mol. The average Bonchev–Trinajstić information content (AvgIpc) is 2.79. The second-order valence-electron chi connectivity index (χ2n) is 5.38. The fourth-order valence-electron chi connectivity index (χ4n) is 2.26. The van der Waals surface area contributed by atoms with Crippen molar-refractivity contribution in [3.63, 3.8) is 0 Å². The van der Waals surface area contributed by atoms with E-state index in [1.165, 1.54) is 0 Å². The van der Waals surface area contributed by atoms with Gasteiger partial charge in [0.15, 0.2) is 17.3 Å². The van der Waals surface area contributed by atoms with Gasteiger partial charge in [-0.3, -0.25) is 0 Å². The molecule has 1 fully saturated rings. The summed E-state index contributed by atoms with van der Waals surface area (Å²) >= 11 is 3.55. The Balaban J connectivity index is 1.91. The highest BCUT2D eigenvalue weighted by Crippen LogP contribution is 2.33. The summed E-state index contributed by atoms with van der Waals surface area (Å²) < 4.78 is 22.9. The number of rotatable bonds is 6. The van der Waals surface area contributed by atoms with Crippen molar-refractivity contribution in [2.75, 3.05) is 27.4 Å². The van der Waals surface area contributed by atoms with E-state index in [1.54, 1.807) is 14.2 Å². The van der Waals surface area contributed by atoms with Crippen LogP contribution in [0.4, 0.5) is 0 Å². The van der Waals surface area contributed by atoms with E-state index in [2.05, 4.69) is 21.2 Å². The first kappa shape index (κ1) is 16.5. The number of hydrogen-bond acceptors (Lipinski definition) is 5. The molecule has 0 radical (unpaired) electrons. The molecule has 0 amide bonds. The van der Waals surface area contributed by atoms with Gasteiger partial charge < -0.3 is 24.3 Å². The van der Waals surface area contributed by atoms with Crippen LogP contribution in [0.2, 0.25) is 0 Å². The van der Waals surface area contributed by atoms with Gasteiger partial charge in [0.2, 0.25) is 0 Å². The van der Waals surface area contributed by atoms with E-state index >= 15 is 0 Å². The second kappa shape index (κ2) is 6.96. The van der Waals surface area contributed by atoms with Gasteiger partial charge in [-0.05, 0) is 31.5 Å². The Labute approximate surface area is 134 Å². The number of nitrogens with one attached hydrogen (secondary N) is 1. The van der Waals surface area contributed by atoms with Crippen molar-refractivity contribution < 1.29 is 18.9 Å². The normalized spacial score (nSPS) is 20.5. The molecule has 0 spiro atoms. The summed E-state index contributed by atoms with van der Waals surface area (Å²) in [6, 6.07) is 3.87. The summed E-state index contributed by atoms with van der Waals surface area (Å²) in [7, 11) is 3.26. The number of benzene rings is 1. The molecule has 21 heavy (non-hydrogen) atoms. The molecule has 1 saturated heterocycles. The lowest BCUT2D eigenvalue weighted by Crippen LogP contribution is -2.30. The van der Waals surface area contributed by atoms with Gasteiger partial charge in [0.1, 0.15) is 0 Å². The van der Waals surface area contributed by atoms with Crippen LogP contribution in [0.3, 0.4) is 0 Å². The van der Waals surface area contributed by atoms with E-state index in [9.17, 15) is 0 Å². The molecule has 1 unspecified atom stereocenters. The number of ether oxygens (including phenoxy) is 4. The number of hydrogen-bond donors (Lipinski definition) is 1. The lowest BCUT2D eigenvalue weighted by atomic mass is 10.2. The smallest absolute Gasteiger partial charge is 0.163 e. The van der Waals surface area contributed by atoms with Crippen molar-refractivity contribution in [1.29, 1.82) is 0 Å². The molecular formula is C15H22BrNO4. The molecule has 1 heterocycles. The molecule has 2 rings (SSSR count). The largest absolute Gasteiger partial charge is 0.493 e. The quantitative estimate of drug-likeness (QED) is 0.846. The Morgan fingerprint density at radius 1 is 1.29 bits per heavy atom. The molecule has 0 bridgehead atoms. The third kappa shape index (κ3) is 4.32. The van der Waals surface area contributed by atoms with Crippen molar-refractivity contribution in [2.24, 2.45) is 0 Å². The van der Waals surface area contributed by atoms with Crippen molar-refractivity contribution in [1.82, 2.24) is 5.32 Å². The molecule has 6 heteroatoms. The van der Waals surface area contributed by atoms with Crippen LogP contribution < -0.4 is 14.8 Å². The molecule has 1 aromatic rings. The first-order valence-corrected chi connectivity index (χ1v) is 7.67. The highest BCUT2D eigenvalue weighted by Gasteiger charge is 2.32. The molecule has 0 aromatic heterocycles. The topological polar surface area (TPSA) is 49.0 Å². The molecule has 1 aliphatic heterocycles. The molecule has 1 N–H and O–H groups in total. The molecule has 1 aromatic carbocycles. The van der Waals surface area contributed by atoms with Gasteiger partial charge in [-0.15, -0.1) is 0 Å². The van der Waals surface area contributed by atoms with Gasteiger partial charge in [0.25, 0.3) is 0 Å². The maximum atomic E-state index is 5.76. The van der Waals surface area contributed by atoms with Crippen LogP contribution in [-0.4, -0.2) is 39.3 Å². The van der Waals surface area contributed by atoms with Gasteiger partial charge in [-0.2, -0.15) is 0 Å². The van der Waals surface area contributed by atoms with Gasteiger partial charge in [-0.1, -0.05) is 15.9 Å². The molecule has 5 nitrogen and oxygen atoms in total. The van der Waals surface area contributed by atoms with Gasteiger partial charge in [0, 0.05) is 17.6 Å². The van der Waals surface area contributed by atoms with Gasteiger partial charge in [-0.25, -0.2) is 0 Å². The Hall–Kier alpha value is -0.820. The van der Waals surface area contributed by atoms with Crippen molar-refractivity contribution in [2.45, 2.75) is 32.3 Å². The van der Waals surface area contributed by atoms with Crippen molar-refractivity contribution in [3.05, 3.63) is 22.2 Å². The Bertz CT molecular complexity index is 493. The standard InChI is InChI=1S/C15H22BrNO4/c1-15(2)20-9-11(21-15)8-17-7-10-5-13(18-3)14(19-4)6-12(10)16/h5-6,11,17H,7-9H2,1-4H3. The first-order chi connectivity index (χ1) is 9.95. The van der Waals surface area contributed by atoms with E-state index < -0.39 is 5.79 Å². The Morgan fingerprint density at radius 2 is 1.95 bits per heavy atom. The molecule has 0 saturated carbocycles. The summed E-state index contributed by atoms with van der Waals surface area (Å²) in [4.78, 5) is 0. The van der Waals surface area contributed by atoms with E-state index in [4.69, 9.17) is 18.9 Å². The monoisotopic (exact) mass is 359 g/mol. The minimum Gasteiger partial charge on any atom is -0.493 e. The minimum atomic E-state index is -0.476. The third-order valence-electron chi connectivity index (χ3n) is 3.31. The van der Waals surface area contributed by atoms with Crippen molar-refractivity contribution >= 4 is 15.9 Å². The van der Waals surface area contributed by atoms with Gasteiger partial charge in [0.05, 0.1) is 26.9 Å². The SMILES string of the molecule is COc1cc(Br)c(CNCC2COC(C)(C)O2)cc1OC. The summed E-state index contributed by atoms with van der Waals surface area (Å²) in [6.07, 6.45) is 0.0823. The molecule has 1 atom stereocenters. The zero-order valence-corrected chi connectivity index (χ0v) is 14.5. The highest BCUT2D eigenvalue weighted by atomic mass is 79.9. The predicted molar refractivity (Wildman–Crippen MR) is 83.9 cm³/mol. The summed E-state index contributed by atoms with van der Waals surface area (Å²) in [5, 5.41) is 3.38. The Morgan fingerprint density at radius 3 is 2.52 bits per heavy atom. The highest BCUT2D eigenvalue weighted by molar-refractivity contribution is 9.10. The maximum Gasteiger partial charge on any atom is 0.163 e. The second-order valence-corrected chi connectivity index (χ2v) is 6.23. The maximum absolute atomic E-state index is 5.76. The summed E-state index contributed by atoms with van der Waals surface area (Å²) in [6.45, 7) is 5.92. The minimum absolute atomic E-state index is 0.0823. The fraction of sp³-hybridized carbons (Fsp3) is 0.600. The molecular weight excluding hydrogens is 338 g/mol. The lowest BCUT2D eigenvalue weighted by molar-refractivity contribution is -0.137. The van der Waals surface area contributed by atoms with Crippen molar-refractivity contribution in [3.8, 4) is 11.5 Å². The zero-order chi connectivity index (χ0) is 15.5. The van der Waals surface area contributed by atoms with Crippen LogP contribution in [0, 0.1) is 0 Å². The Kier molecular flexibility index (Phi) is 5.48. The molecule has 0 aliphatic carbocycles. The fourth-order valence-corrected chi connectivity index (χ4v) is 2.73. The van der Waals surface area contributed by atoms with Crippen LogP contribution in [0.15, 0.2) is 16.6 Å². The summed E-state index contributed by atoms with van der Waals surface area (Å²) in [5.74, 6) is 0.956. The van der Waals surface area contributed by atoms with Crippen LogP contribution in [0.1, 0.15) is 19.4 Å². The number of halogens is 1. The predicted octanol–water partition coefficient (Wildman–Crippen LogP) is 2.71. The van der Waals surface area contributed by atoms with E-state index in [0.29, 0.717) is 18.9 Å². The molecule has 118 valence electrons. The van der Waals surface area contributed by atoms with Crippen LogP contribution in [0.25, 0.3) is 0 Å². The van der Waals surface area contributed by atoms with Crippen LogP contribution >= 0.6 is 15.9 Å². The first-order valence-electron chi connectivity index (χ1n) is 6.88. The number of methoxy groups -OCH3 is 2. The van der Waals surface area contributed by atoms with Gasteiger partial charge >= 0.3 is 0 Å². The third-order valence-corrected chi connectivity index (χ3v) is 4.05. The van der Waals surface area contributed by atoms with E-state index in [0.717, 1.165) is 22.3 Å². The molecule has 1 aliphatic rings. The summed E-state index contributed by atoms with van der Waals surface area (Å²) in [5.41, 5.74) is 1.10. The van der Waals surface area contributed by atoms with E-state index in [1.807, 2.05) is 26.0 Å². The zero-order valence-electron chi connectivity index (χ0n) is 12.9. The van der Waals surface area contributed by atoms with Crippen LogP contribution in [-0.2, 0) is 16.0 Å². The lowest BCUT2D eigenvalue weighted by Gasteiger charge is -2.17.